The highest BCUT2D eigenvalue weighted by Crippen LogP contribution is 2.14. The highest BCUT2D eigenvalue weighted by molar-refractivity contribution is 5.89. The van der Waals surface area contributed by atoms with E-state index in [4.69, 9.17) is 4.74 Å². The number of carbonyl (C=O) groups excluding carboxylic acids is 1. The van der Waals surface area contributed by atoms with E-state index in [0.29, 0.717) is 13.0 Å². The number of aryl methyl sites for hydroxylation is 2. The van der Waals surface area contributed by atoms with Gasteiger partial charge in [0.15, 0.2) is 0 Å². The summed E-state index contributed by atoms with van der Waals surface area (Å²) in [6, 6.07) is 5.40. The summed E-state index contributed by atoms with van der Waals surface area (Å²) in [7, 11) is 1.58. The maximum atomic E-state index is 11.8. The third-order valence-corrected chi connectivity index (χ3v) is 3.24. The van der Waals surface area contributed by atoms with Crippen LogP contribution in [0.5, 0.6) is 0 Å². The van der Waals surface area contributed by atoms with Crippen LogP contribution in [-0.2, 0) is 4.74 Å². The van der Waals surface area contributed by atoms with Crippen molar-refractivity contribution in [2.45, 2.75) is 32.8 Å². The predicted molar refractivity (Wildman–Crippen MR) is 80.1 cm³/mol. The fourth-order valence-corrected chi connectivity index (χ4v) is 1.68. The van der Waals surface area contributed by atoms with Crippen LogP contribution in [0.2, 0.25) is 0 Å². The van der Waals surface area contributed by atoms with Crippen LogP contribution in [0.4, 0.5) is 10.5 Å². The third kappa shape index (κ3) is 5.59. The number of benzene rings is 1. The molecule has 5 heteroatoms. The molecule has 0 saturated carbocycles. The molecule has 0 spiro atoms. The van der Waals surface area contributed by atoms with Crippen molar-refractivity contribution in [2.24, 2.45) is 0 Å². The molecule has 0 radical (unpaired) electrons. The lowest BCUT2D eigenvalue weighted by Gasteiger charge is -2.23. The largest absolute Gasteiger partial charge is 0.388 e. The van der Waals surface area contributed by atoms with Crippen LogP contribution in [0.25, 0.3) is 0 Å². The Kier molecular flexibility index (Phi) is 5.98. The molecule has 0 fully saturated rings. The van der Waals surface area contributed by atoms with Crippen LogP contribution in [-0.4, -0.2) is 37.0 Å². The standard InChI is InChI=1S/C15H24N2O3/c1-11-5-6-13(9-12(11)2)17-14(18)16-10-15(3,19)7-8-20-4/h5-6,9,19H,7-8,10H2,1-4H3,(H2,16,17,18). The number of hydrogen-bond donors (Lipinski definition) is 3. The van der Waals surface area contributed by atoms with Gasteiger partial charge in [0.25, 0.3) is 0 Å². The highest BCUT2D eigenvalue weighted by Gasteiger charge is 2.20. The fraction of sp³-hybridized carbons (Fsp3) is 0.533. The highest BCUT2D eigenvalue weighted by atomic mass is 16.5. The molecule has 0 heterocycles. The molecule has 0 bridgehead atoms. The minimum Gasteiger partial charge on any atom is -0.388 e. The fourth-order valence-electron chi connectivity index (χ4n) is 1.68. The quantitative estimate of drug-likeness (QED) is 0.748. The van der Waals surface area contributed by atoms with Gasteiger partial charge in [0, 0.05) is 32.4 Å². The van der Waals surface area contributed by atoms with Crippen LogP contribution < -0.4 is 10.6 Å². The molecule has 112 valence electrons. The molecular weight excluding hydrogens is 256 g/mol. The monoisotopic (exact) mass is 280 g/mol. The normalized spacial score (nSPS) is 13.7. The Morgan fingerprint density at radius 1 is 1.35 bits per heavy atom. The van der Waals surface area contributed by atoms with Gasteiger partial charge in [-0.1, -0.05) is 6.07 Å². The van der Waals surface area contributed by atoms with Crippen molar-refractivity contribution in [3.8, 4) is 0 Å². The lowest BCUT2D eigenvalue weighted by molar-refractivity contribution is 0.0273. The van der Waals surface area contributed by atoms with Gasteiger partial charge < -0.3 is 20.5 Å². The van der Waals surface area contributed by atoms with Crippen LogP contribution in [0.3, 0.4) is 0 Å². The van der Waals surface area contributed by atoms with E-state index in [2.05, 4.69) is 10.6 Å². The second kappa shape index (κ2) is 7.26. The summed E-state index contributed by atoms with van der Waals surface area (Å²) in [6.45, 7) is 6.31. The zero-order valence-corrected chi connectivity index (χ0v) is 12.6. The molecule has 0 aromatic heterocycles. The Morgan fingerprint density at radius 2 is 2.05 bits per heavy atom. The summed E-state index contributed by atoms with van der Waals surface area (Å²) in [5.41, 5.74) is 2.06. The van der Waals surface area contributed by atoms with E-state index in [1.807, 2.05) is 32.0 Å². The Morgan fingerprint density at radius 3 is 2.65 bits per heavy atom. The average Bonchev–Trinajstić information content (AvgIpc) is 2.39. The zero-order valence-electron chi connectivity index (χ0n) is 12.6. The van der Waals surface area contributed by atoms with Gasteiger partial charge in [0.1, 0.15) is 0 Å². The Balaban J connectivity index is 2.45. The van der Waals surface area contributed by atoms with Crippen molar-refractivity contribution in [1.29, 1.82) is 0 Å². The molecule has 3 N–H and O–H groups in total. The first-order valence-corrected chi connectivity index (χ1v) is 6.67. The smallest absolute Gasteiger partial charge is 0.319 e. The second-order valence-corrected chi connectivity index (χ2v) is 5.35. The molecule has 1 aromatic carbocycles. The van der Waals surface area contributed by atoms with Crippen molar-refractivity contribution in [3.05, 3.63) is 29.3 Å². The summed E-state index contributed by atoms with van der Waals surface area (Å²) in [5, 5.41) is 15.4. The van der Waals surface area contributed by atoms with Crippen molar-refractivity contribution < 1.29 is 14.6 Å². The summed E-state index contributed by atoms with van der Waals surface area (Å²) in [6.07, 6.45) is 0.466. The number of anilines is 1. The van der Waals surface area contributed by atoms with Gasteiger partial charge in [-0.25, -0.2) is 4.79 Å². The number of nitrogens with one attached hydrogen (secondary N) is 2. The van der Waals surface area contributed by atoms with Gasteiger partial charge in [-0.3, -0.25) is 0 Å². The number of carbonyl (C=O) groups is 1. The summed E-state index contributed by atoms with van der Waals surface area (Å²) in [5.74, 6) is 0. The van der Waals surface area contributed by atoms with Crippen molar-refractivity contribution >= 4 is 11.7 Å². The first-order chi connectivity index (χ1) is 9.34. The molecule has 0 saturated heterocycles. The Bertz CT molecular complexity index is 458. The number of urea groups is 1. The first kappa shape index (κ1) is 16.5. The molecule has 1 unspecified atom stereocenters. The van der Waals surface area contributed by atoms with Gasteiger partial charge in [0.05, 0.1) is 5.60 Å². The van der Waals surface area contributed by atoms with E-state index in [1.165, 1.54) is 5.56 Å². The van der Waals surface area contributed by atoms with E-state index in [-0.39, 0.29) is 12.6 Å². The van der Waals surface area contributed by atoms with E-state index in [0.717, 1.165) is 11.3 Å². The lowest BCUT2D eigenvalue weighted by Crippen LogP contribution is -2.42. The van der Waals surface area contributed by atoms with Crippen molar-refractivity contribution in [2.75, 3.05) is 25.6 Å². The Hall–Kier alpha value is -1.59. The molecule has 1 aromatic rings. The average molecular weight is 280 g/mol. The summed E-state index contributed by atoms with van der Waals surface area (Å²) < 4.78 is 4.92. The molecule has 0 aliphatic carbocycles. The molecule has 1 rings (SSSR count). The number of hydrogen-bond acceptors (Lipinski definition) is 3. The molecular formula is C15H24N2O3. The molecule has 20 heavy (non-hydrogen) atoms. The van der Waals surface area contributed by atoms with Crippen LogP contribution in [0.15, 0.2) is 18.2 Å². The Labute approximate surface area is 120 Å². The molecule has 5 nitrogen and oxygen atoms in total. The lowest BCUT2D eigenvalue weighted by atomic mass is 10.0. The van der Waals surface area contributed by atoms with Crippen LogP contribution in [0, 0.1) is 13.8 Å². The van der Waals surface area contributed by atoms with E-state index < -0.39 is 5.60 Å². The van der Waals surface area contributed by atoms with Gasteiger partial charge >= 0.3 is 6.03 Å². The van der Waals surface area contributed by atoms with E-state index in [1.54, 1.807) is 14.0 Å². The minimum absolute atomic E-state index is 0.174. The zero-order chi connectivity index (χ0) is 15.2. The summed E-state index contributed by atoms with van der Waals surface area (Å²) >= 11 is 0. The third-order valence-electron chi connectivity index (χ3n) is 3.24. The van der Waals surface area contributed by atoms with Crippen molar-refractivity contribution in [3.63, 3.8) is 0 Å². The number of amides is 2. The number of methoxy groups -OCH3 is 1. The SMILES string of the molecule is COCCC(C)(O)CNC(=O)Nc1ccc(C)c(C)c1. The maximum Gasteiger partial charge on any atom is 0.319 e. The van der Waals surface area contributed by atoms with Crippen LogP contribution in [0.1, 0.15) is 24.5 Å². The second-order valence-electron chi connectivity index (χ2n) is 5.35. The van der Waals surface area contributed by atoms with E-state index >= 15 is 0 Å². The molecule has 0 aliphatic heterocycles. The van der Waals surface area contributed by atoms with Gasteiger partial charge in [-0.15, -0.1) is 0 Å². The van der Waals surface area contributed by atoms with E-state index in [9.17, 15) is 9.90 Å². The first-order valence-electron chi connectivity index (χ1n) is 6.67. The molecule has 1 atom stereocenters. The predicted octanol–water partition coefficient (Wildman–Crippen LogP) is 2.21. The molecule has 2 amide bonds. The summed E-state index contributed by atoms with van der Waals surface area (Å²) in [4.78, 5) is 11.8. The number of rotatable bonds is 6. The van der Waals surface area contributed by atoms with Gasteiger partial charge in [-0.05, 0) is 44.0 Å². The molecule has 0 aliphatic rings. The maximum absolute atomic E-state index is 11.8. The number of aliphatic hydroxyl groups is 1. The minimum atomic E-state index is -0.976. The van der Waals surface area contributed by atoms with Gasteiger partial charge in [-0.2, -0.15) is 0 Å². The number of ether oxygens (including phenoxy) is 1. The topological polar surface area (TPSA) is 70.6 Å². The van der Waals surface area contributed by atoms with Crippen molar-refractivity contribution in [1.82, 2.24) is 5.32 Å². The van der Waals surface area contributed by atoms with Crippen LogP contribution >= 0.6 is 0 Å². The van der Waals surface area contributed by atoms with Gasteiger partial charge in [0.2, 0.25) is 0 Å².